The van der Waals surface area contributed by atoms with Gasteiger partial charge in [0.2, 0.25) is 21.8 Å². The lowest BCUT2D eigenvalue weighted by Gasteiger charge is -2.33. The Morgan fingerprint density at radius 3 is 2.17 bits per heavy atom. The molecule has 0 aliphatic rings. The van der Waals surface area contributed by atoms with Crippen molar-refractivity contribution >= 4 is 27.5 Å². The highest BCUT2D eigenvalue weighted by molar-refractivity contribution is 7.92. The predicted octanol–water partition coefficient (Wildman–Crippen LogP) is 4.09. The summed E-state index contributed by atoms with van der Waals surface area (Å²) in [4.78, 5) is 27.9. The van der Waals surface area contributed by atoms with Gasteiger partial charge in [0.05, 0.1) is 11.9 Å². The molecule has 2 amide bonds. The molecule has 0 spiro atoms. The Morgan fingerprint density at radius 2 is 1.63 bits per heavy atom. The van der Waals surface area contributed by atoms with E-state index in [1.54, 1.807) is 11.0 Å². The summed E-state index contributed by atoms with van der Waals surface area (Å²) >= 11 is 0. The number of halogens is 1. The van der Waals surface area contributed by atoms with Gasteiger partial charge in [-0.15, -0.1) is 0 Å². The lowest BCUT2D eigenvalue weighted by atomic mass is 10.0. The minimum atomic E-state index is -3.76. The highest BCUT2D eigenvalue weighted by Crippen LogP contribution is 2.22. The summed E-state index contributed by atoms with van der Waals surface area (Å²) in [5, 5.41) is 2.95. The summed E-state index contributed by atoms with van der Waals surface area (Å²) in [5.41, 5.74) is 0.369. The Kier molecular flexibility index (Phi) is 9.82. The zero-order chi connectivity index (χ0) is 26.2. The maximum Gasteiger partial charge on any atom is 0.243 e. The first-order chi connectivity index (χ1) is 16.3. The van der Waals surface area contributed by atoms with Gasteiger partial charge in [0.25, 0.3) is 0 Å². The number of anilines is 1. The second kappa shape index (κ2) is 12.2. The Labute approximate surface area is 208 Å². The number of benzene rings is 2. The standard InChI is InChI=1S/C26H36FN3O4S/c1-6-22(25(32)28-26(2,3)4)29(19-20-13-8-7-9-14-20)24(31)17-12-18-30(35(5,33)34)23-16-11-10-15-21(23)27/h7-11,13-16,22H,6,12,17-19H2,1-5H3,(H,28,32)/t22-/m1/s1. The molecule has 0 heterocycles. The highest BCUT2D eigenvalue weighted by atomic mass is 32.2. The molecule has 9 heteroatoms. The maximum atomic E-state index is 14.3. The van der Waals surface area contributed by atoms with Crippen molar-refractivity contribution in [2.75, 3.05) is 17.1 Å². The topological polar surface area (TPSA) is 86.8 Å². The van der Waals surface area contributed by atoms with Crippen molar-refractivity contribution in [3.05, 3.63) is 66.0 Å². The molecule has 1 N–H and O–H groups in total. The Balaban J connectivity index is 2.22. The van der Waals surface area contributed by atoms with Gasteiger partial charge in [0.15, 0.2) is 0 Å². The van der Waals surface area contributed by atoms with Crippen molar-refractivity contribution in [3.63, 3.8) is 0 Å². The summed E-state index contributed by atoms with van der Waals surface area (Å²) in [6.45, 7) is 7.67. The molecule has 0 unspecified atom stereocenters. The van der Waals surface area contributed by atoms with Gasteiger partial charge in [-0.2, -0.15) is 0 Å². The van der Waals surface area contributed by atoms with Crippen LogP contribution in [-0.4, -0.2) is 49.5 Å². The van der Waals surface area contributed by atoms with Crippen LogP contribution in [0.5, 0.6) is 0 Å². The zero-order valence-corrected chi connectivity index (χ0v) is 21.9. The summed E-state index contributed by atoms with van der Waals surface area (Å²) < 4.78 is 39.9. The summed E-state index contributed by atoms with van der Waals surface area (Å²) in [5.74, 6) is -1.17. The van der Waals surface area contributed by atoms with Crippen LogP contribution in [0.2, 0.25) is 0 Å². The molecule has 0 radical (unpaired) electrons. The predicted molar refractivity (Wildman–Crippen MR) is 137 cm³/mol. The van der Waals surface area contributed by atoms with Crippen molar-refractivity contribution in [1.82, 2.24) is 10.2 Å². The Hall–Kier alpha value is -2.94. The van der Waals surface area contributed by atoms with E-state index in [1.807, 2.05) is 58.0 Å². The molecule has 1 atom stereocenters. The van der Waals surface area contributed by atoms with Crippen molar-refractivity contribution < 1.29 is 22.4 Å². The average molecular weight is 506 g/mol. The van der Waals surface area contributed by atoms with Crippen LogP contribution in [0.25, 0.3) is 0 Å². The quantitative estimate of drug-likeness (QED) is 0.498. The molecule has 0 aromatic heterocycles. The fourth-order valence-corrected chi connectivity index (χ4v) is 4.76. The Morgan fingerprint density at radius 1 is 1.03 bits per heavy atom. The second-order valence-electron chi connectivity index (χ2n) is 9.56. The number of nitrogens with zero attached hydrogens (tertiary/aromatic N) is 2. The largest absolute Gasteiger partial charge is 0.350 e. The van der Waals surface area contributed by atoms with E-state index in [9.17, 15) is 22.4 Å². The first-order valence-electron chi connectivity index (χ1n) is 11.7. The third kappa shape index (κ3) is 8.65. The van der Waals surface area contributed by atoms with Crippen LogP contribution in [0.1, 0.15) is 52.5 Å². The van der Waals surface area contributed by atoms with E-state index in [0.717, 1.165) is 16.1 Å². The molecule has 7 nitrogen and oxygen atoms in total. The molecule has 0 fully saturated rings. The van der Waals surface area contributed by atoms with E-state index in [2.05, 4.69) is 5.32 Å². The fourth-order valence-electron chi connectivity index (χ4n) is 3.79. The molecule has 0 bridgehead atoms. The van der Waals surface area contributed by atoms with Crippen molar-refractivity contribution in [2.24, 2.45) is 0 Å². The number of amides is 2. The SMILES string of the molecule is CC[C@H](C(=O)NC(C)(C)C)N(Cc1ccccc1)C(=O)CCCN(c1ccccc1F)S(C)(=O)=O. The van der Waals surface area contributed by atoms with Crippen LogP contribution in [0.4, 0.5) is 10.1 Å². The first-order valence-corrected chi connectivity index (χ1v) is 13.6. The molecule has 2 aromatic carbocycles. The highest BCUT2D eigenvalue weighted by Gasteiger charge is 2.30. The molecule has 192 valence electrons. The first kappa shape index (κ1) is 28.3. The smallest absolute Gasteiger partial charge is 0.243 e. The fraction of sp³-hybridized carbons (Fsp3) is 0.462. The number of nitrogens with one attached hydrogen (secondary N) is 1. The van der Waals surface area contributed by atoms with Gasteiger partial charge in [0, 0.05) is 25.0 Å². The van der Waals surface area contributed by atoms with Gasteiger partial charge in [-0.05, 0) is 51.3 Å². The average Bonchev–Trinajstić information content (AvgIpc) is 2.76. The van der Waals surface area contributed by atoms with Gasteiger partial charge in [-0.1, -0.05) is 49.4 Å². The van der Waals surface area contributed by atoms with Gasteiger partial charge >= 0.3 is 0 Å². The molecular formula is C26H36FN3O4S. The second-order valence-corrected chi connectivity index (χ2v) is 11.5. The van der Waals surface area contributed by atoms with Gasteiger partial charge < -0.3 is 10.2 Å². The summed E-state index contributed by atoms with van der Waals surface area (Å²) in [7, 11) is -3.76. The molecule has 0 saturated heterocycles. The lowest BCUT2D eigenvalue weighted by molar-refractivity contribution is -0.142. The molecule has 2 aromatic rings. The minimum Gasteiger partial charge on any atom is -0.350 e. The van der Waals surface area contributed by atoms with E-state index in [0.29, 0.717) is 6.42 Å². The molecular weight excluding hydrogens is 469 g/mol. The van der Waals surface area contributed by atoms with E-state index in [-0.39, 0.29) is 43.4 Å². The third-order valence-electron chi connectivity index (χ3n) is 5.35. The normalized spacial score (nSPS) is 12.6. The monoisotopic (exact) mass is 505 g/mol. The van der Waals surface area contributed by atoms with E-state index in [1.165, 1.54) is 18.2 Å². The van der Waals surface area contributed by atoms with Crippen LogP contribution in [0.3, 0.4) is 0 Å². The van der Waals surface area contributed by atoms with Crippen LogP contribution in [0, 0.1) is 5.82 Å². The third-order valence-corrected chi connectivity index (χ3v) is 6.53. The molecule has 35 heavy (non-hydrogen) atoms. The minimum absolute atomic E-state index is 0.00655. The molecule has 2 rings (SSSR count). The van der Waals surface area contributed by atoms with Crippen LogP contribution < -0.4 is 9.62 Å². The van der Waals surface area contributed by atoms with Crippen molar-refractivity contribution in [1.29, 1.82) is 0 Å². The lowest BCUT2D eigenvalue weighted by Crippen LogP contribution is -2.53. The van der Waals surface area contributed by atoms with Crippen LogP contribution in [-0.2, 0) is 26.2 Å². The number of carbonyl (C=O) groups excluding carboxylic acids is 2. The molecule has 0 aliphatic heterocycles. The number of para-hydroxylation sites is 1. The number of sulfonamides is 1. The molecule has 0 aliphatic carbocycles. The van der Waals surface area contributed by atoms with Gasteiger partial charge in [-0.3, -0.25) is 13.9 Å². The summed E-state index contributed by atoms with van der Waals surface area (Å²) in [6, 6.07) is 14.3. The number of carbonyl (C=O) groups is 2. The maximum absolute atomic E-state index is 14.3. The summed E-state index contributed by atoms with van der Waals surface area (Å²) in [6.07, 6.45) is 1.60. The van der Waals surface area contributed by atoms with Gasteiger partial charge in [0.1, 0.15) is 11.9 Å². The number of hydrogen-bond acceptors (Lipinski definition) is 4. The van der Waals surface area contributed by atoms with Crippen molar-refractivity contribution in [3.8, 4) is 0 Å². The van der Waals surface area contributed by atoms with Crippen LogP contribution >= 0.6 is 0 Å². The van der Waals surface area contributed by atoms with E-state index in [4.69, 9.17) is 0 Å². The number of rotatable bonds is 11. The van der Waals surface area contributed by atoms with E-state index < -0.39 is 27.4 Å². The molecule has 0 saturated carbocycles. The van der Waals surface area contributed by atoms with Crippen molar-refractivity contribution in [2.45, 2.75) is 65.1 Å². The van der Waals surface area contributed by atoms with Gasteiger partial charge in [-0.25, -0.2) is 12.8 Å². The zero-order valence-electron chi connectivity index (χ0n) is 21.1. The van der Waals surface area contributed by atoms with E-state index >= 15 is 0 Å². The number of hydrogen-bond donors (Lipinski definition) is 1. The Bertz CT molecular complexity index is 1100. The van der Waals surface area contributed by atoms with Crippen LogP contribution in [0.15, 0.2) is 54.6 Å².